The Morgan fingerprint density at radius 3 is 2.50 bits per heavy atom. The molecular formula is C15H10ClF4N3O2S. The molecule has 0 radical (unpaired) electrons. The van der Waals surface area contributed by atoms with Crippen LogP contribution in [0, 0.1) is 5.82 Å². The van der Waals surface area contributed by atoms with Crippen LogP contribution >= 0.6 is 23.4 Å². The van der Waals surface area contributed by atoms with Crippen LogP contribution in [0.4, 0.5) is 17.6 Å². The number of hydrazine groups is 1. The summed E-state index contributed by atoms with van der Waals surface area (Å²) in [5.74, 6) is -2.57. The lowest BCUT2D eigenvalue weighted by Gasteiger charge is -2.10. The Hall–Kier alpha value is -2.33. The fourth-order valence-electron chi connectivity index (χ4n) is 1.70. The summed E-state index contributed by atoms with van der Waals surface area (Å²) in [7, 11) is 0. The molecule has 0 bridgehead atoms. The summed E-state index contributed by atoms with van der Waals surface area (Å²) in [6.07, 6.45) is -3.97. The summed E-state index contributed by atoms with van der Waals surface area (Å²) >= 11 is 6.49. The van der Waals surface area contributed by atoms with Crippen molar-refractivity contribution in [2.75, 3.05) is 5.75 Å². The minimum absolute atomic E-state index is 0.0234. The minimum Gasteiger partial charge on any atom is -0.272 e. The molecule has 0 aliphatic rings. The lowest BCUT2D eigenvalue weighted by atomic mass is 10.2. The third-order valence-electron chi connectivity index (χ3n) is 2.91. The van der Waals surface area contributed by atoms with Gasteiger partial charge in [-0.15, -0.1) is 0 Å². The van der Waals surface area contributed by atoms with Gasteiger partial charge < -0.3 is 0 Å². The maximum absolute atomic E-state index is 13.4. The minimum atomic E-state index is -4.58. The van der Waals surface area contributed by atoms with Gasteiger partial charge >= 0.3 is 6.18 Å². The number of hydrogen-bond acceptors (Lipinski definition) is 4. The maximum atomic E-state index is 13.4. The third-order valence-corrected chi connectivity index (χ3v) is 4.31. The number of nitrogens with zero attached hydrogens (tertiary/aromatic N) is 1. The lowest BCUT2D eigenvalue weighted by molar-refractivity contribution is -0.137. The Morgan fingerprint density at radius 1 is 1.19 bits per heavy atom. The van der Waals surface area contributed by atoms with Crippen LogP contribution in [0.25, 0.3) is 0 Å². The molecule has 138 valence electrons. The summed E-state index contributed by atoms with van der Waals surface area (Å²) < 4.78 is 51.0. The van der Waals surface area contributed by atoms with Crippen molar-refractivity contribution in [3.05, 3.63) is 58.5 Å². The first-order chi connectivity index (χ1) is 12.2. The molecule has 0 fully saturated rings. The van der Waals surface area contributed by atoms with Gasteiger partial charge in [0.2, 0.25) is 5.91 Å². The molecule has 1 heterocycles. The van der Waals surface area contributed by atoms with E-state index in [1.807, 2.05) is 5.43 Å². The van der Waals surface area contributed by atoms with Crippen LogP contribution in [0.1, 0.15) is 15.9 Å². The smallest absolute Gasteiger partial charge is 0.272 e. The highest BCUT2D eigenvalue weighted by Gasteiger charge is 2.31. The molecular weight excluding hydrogens is 398 g/mol. The monoisotopic (exact) mass is 407 g/mol. The molecule has 2 N–H and O–H groups in total. The molecule has 2 aromatic rings. The molecule has 0 spiro atoms. The molecule has 26 heavy (non-hydrogen) atoms. The zero-order valence-electron chi connectivity index (χ0n) is 12.7. The average molecular weight is 408 g/mol. The van der Waals surface area contributed by atoms with Crippen LogP contribution in [0.15, 0.2) is 41.6 Å². The molecule has 0 unspecified atom stereocenters. The molecule has 0 atom stereocenters. The highest BCUT2D eigenvalue weighted by molar-refractivity contribution is 8.00. The van der Waals surface area contributed by atoms with Crippen LogP contribution in [-0.2, 0) is 11.0 Å². The number of benzene rings is 1. The Kier molecular flexibility index (Phi) is 6.43. The van der Waals surface area contributed by atoms with Crippen molar-refractivity contribution >= 4 is 35.2 Å². The Morgan fingerprint density at radius 2 is 1.88 bits per heavy atom. The third kappa shape index (κ3) is 5.33. The van der Waals surface area contributed by atoms with Crippen LogP contribution in [0.3, 0.4) is 0 Å². The van der Waals surface area contributed by atoms with Crippen molar-refractivity contribution in [1.82, 2.24) is 15.8 Å². The Balaban J connectivity index is 1.87. The first kappa shape index (κ1) is 20.0. The van der Waals surface area contributed by atoms with Gasteiger partial charge in [0.25, 0.3) is 5.91 Å². The molecule has 0 saturated heterocycles. The number of carbonyl (C=O) groups is 2. The van der Waals surface area contributed by atoms with Crippen molar-refractivity contribution in [2.45, 2.75) is 11.2 Å². The van der Waals surface area contributed by atoms with Crippen molar-refractivity contribution in [3.63, 3.8) is 0 Å². The van der Waals surface area contributed by atoms with Gasteiger partial charge in [0.05, 0.1) is 21.9 Å². The van der Waals surface area contributed by atoms with Crippen LogP contribution in [0.2, 0.25) is 5.02 Å². The van der Waals surface area contributed by atoms with E-state index in [1.165, 1.54) is 18.2 Å². The van der Waals surface area contributed by atoms with Crippen molar-refractivity contribution in [1.29, 1.82) is 0 Å². The molecule has 0 saturated carbocycles. The van der Waals surface area contributed by atoms with E-state index in [4.69, 9.17) is 11.6 Å². The largest absolute Gasteiger partial charge is 0.417 e. The van der Waals surface area contributed by atoms with Crippen LogP contribution in [-0.4, -0.2) is 22.6 Å². The number of nitrogens with one attached hydrogen (secondary N) is 2. The van der Waals surface area contributed by atoms with Gasteiger partial charge in [-0.25, -0.2) is 9.37 Å². The zero-order chi connectivity index (χ0) is 19.3. The van der Waals surface area contributed by atoms with Gasteiger partial charge in [0, 0.05) is 6.20 Å². The number of carbonyl (C=O) groups excluding carboxylic acids is 2. The van der Waals surface area contributed by atoms with Crippen molar-refractivity contribution < 1.29 is 27.2 Å². The van der Waals surface area contributed by atoms with Crippen LogP contribution < -0.4 is 10.9 Å². The number of aromatic nitrogens is 1. The van der Waals surface area contributed by atoms with Gasteiger partial charge in [-0.1, -0.05) is 35.5 Å². The number of halogens is 5. The normalized spacial score (nSPS) is 11.1. The van der Waals surface area contributed by atoms with E-state index in [1.54, 1.807) is 0 Å². The average Bonchev–Trinajstić information content (AvgIpc) is 2.58. The fourth-order valence-corrected chi connectivity index (χ4v) is 2.69. The first-order valence-corrected chi connectivity index (χ1v) is 8.24. The topological polar surface area (TPSA) is 71.1 Å². The second-order valence-electron chi connectivity index (χ2n) is 4.78. The summed E-state index contributed by atoms with van der Waals surface area (Å²) in [5.41, 5.74) is 2.82. The first-order valence-electron chi connectivity index (χ1n) is 6.87. The van der Waals surface area contributed by atoms with E-state index in [9.17, 15) is 27.2 Å². The predicted octanol–water partition coefficient (Wildman–Crippen LogP) is 3.45. The van der Waals surface area contributed by atoms with Gasteiger partial charge in [0.1, 0.15) is 10.8 Å². The highest BCUT2D eigenvalue weighted by atomic mass is 35.5. The van der Waals surface area contributed by atoms with E-state index < -0.39 is 29.4 Å². The lowest BCUT2D eigenvalue weighted by Crippen LogP contribution is -2.42. The van der Waals surface area contributed by atoms with Crippen molar-refractivity contribution in [2.24, 2.45) is 0 Å². The van der Waals surface area contributed by atoms with Crippen LogP contribution in [0.5, 0.6) is 0 Å². The summed E-state index contributed by atoms with van der Waals surface area (Å²) in [5, 5.41) is -0.233. The Labute approximate surface area is 154 Å². The molecule has 0 aliphatic heterocycles. The van der Waals surface area contributed by atoms with Gasteiger partial charge in [-0.3, -0.25) is 20.4 Å². The van der Waals surface area contributed by atoms with E-state index in [0.717, 1.165) is 17.8 Å². The van der Waals surface area contributed by atoms with E-state index in [-0.39, 0.29) is 21.4 Å². The molecule has 0 aliphatic carbocycles. The predicted molar refractivity (Wildman–Crippen MR) is 87.0 cm³/mol. The molecule has 1 aromatic carbocycles. The van der Waals surface area contributed by atoms with Gasteiger partial charge in [-0.05, 0) is 18.2 Å². The van der Waals surface area contributed by atoms with E-state index in [0.29, 0.717) is 12.3 Å². The summed E-state index contributed by atoms with van der Waals surface area (Å²) in [6.45, 7) is 0. The number of thioether (sulfide) groups is 1. The quantitative estimate of drug-likeness (QED) is 0.462. The number of amides is 2. The zero-order valence-corrected chi connectivity index (χ0v) is 14.3. The van der Waals surface area contributed by atoms with E-state index >= 15 is 0 Å². The molecule has 2 amide bonds. The Bertz CT molecular complexity index is 833. The summed E-state index contributed by atoms with van der Waals surface area (Å²) in [4.78, 5) is 27.0. The van der Waals surface area contributed by atoms with Gasteiger partial charge in [0.15, 0.2) is 0 Å². The van der Waals surface area contributed by atoms with Crippen molar-refractivity contribution in [3.8, 4) is 0 Å². The number of alkyl halides is 3. The second kappa shape index (κ2) is 8.37. The fraction of sp³-hybridized carbons (Fsp3) is 0.133. The number of hydrogen-bond donors (Lipinski definition) is 2. The second-order valence-corrected chi connectivity index (χ2v) is 6.15. The molecule has 5 nitrogen and oxygen atoms in total. The molecule has 11 heteroatoms. The highest BCUT2D eigenvalue weighted by Crippen LogP contribution is 2.33. The summed E-state index contributed by atoms with van der Waals surface area (Å²) in [6, 6.07) is 5.88. The number of pyridine rings is 1. The van der Waals surface area contributed by atoms with E-state index in [2.05, 4.69) is 10.4 Å². The molecule has 2 rings (SSSR count). The van der Waals surface area contributed by atoms with Gasteiger partial charge in [-0.2, -0.15) is 13.2 Å². The number of rotatable bonds is 4. The molecule has 1 aromatic heterocycles. The maximum Gasteiger partial charge on any atom is 0.417 e. The standard InChI is InChI=1S/C15H10ClF4N3O2S/c16-10-5-8(15(18,19)20)6-21-14(10)26-7-12(24)22-23-13(25)9-3-1-2-4-11(9)17/h1-6H,7H2,(H,22,24)(H,23,25). The SMILES string of the molecule is O=C(CSc1ncc(C(F)(F)F)cc1Cl)NNC(=O)c1ccccc1F.